The van der Waals surface area contributed by atoms with Gasteiger partial charge in [0.25, 0.3) is 0 Å². The fraction of sp³-hybridized carbons (Fsp3) is 0.250. The highest BCUT2D eigenvalue weighted by molar-refractivity contribution is 5.87. The summed E-state index contributed by atoms with van der Waals surface area (Å²) >= 11 is 0. The fourth-order valence-corrected chi connectivity index (χ4v) is 7.02. The highest BCUT2D eigenvalue weighted by atomic mass is 16.5. The first-order valence-corrected chi connectivity index (χ1v) is 18.9. The van der Waals surface area contributed by atoms with Crippen molar-refractivity contribution in [2.75, 3.05) is 20.2 Å². The van der Waals surface area contributed by atoms with Gasteiger partial charge in [0.2, 0.25) is 11.8 Å². The van der Waals surface area contributed by atoms with E-state index in [0.29, 0.717) is 35.9 Å². The van der Waals surface area contributed by atoms with Gasteiger partial charge in [-0.1, -0.05) is 67.6 Å². The van der Waals surface area contributed by atoms with E-state index >= 15 is 0 Å². The number of imidazole rings is 2. The lowest BCUT2D eigenvalue weighted by Crippen LogP contribution is -2.43. The molecule has 3 heterocycles. The predicted octanol–water partition coefficient (Wildman–Crippen LogP) is 8.00. The van der Waals surface area contributed by atoms with Crippen LogP contribution >= 0.6 is 0 Å². The molecule has 12 heteroatoms. The van der Waals surface area contributed by atoms with Gasteiger partial charge in [0.05, 0.1) is 49.9 Å². The van der Waals surface area contributed by atoms with Crippen LogP contribution < -0.4 is 10.1 Å². The average Bonchev–Trinajstić information content (AvgIpc) is 4.03. The third kappa shape index (κ3) is 8.98. The molecule has 3 N–H and O–H groups in total. The van der Waals surface area contributed by atoms with Crippen molar-refractivity contribution in [1.82, 2.24) is 35.1 Å². The van der Waals surface area contributed by atoms with Crippen LogP contribution in [0.5, 0.6) is 11.5 Å². The van der Waals surface area contributed by atoms with Gasteiger partial charge in [-0.15, -0.1) is 0 Å². The van der Waals surface area contributed by atoms with Crippen molar-refractivity contribution in [3.05, 3.63) is 144 Å². The summed E-state index contributed by atoms with van der Waals surface area (Å²) in [5, 5.41) is 2.68. The van der Waals surface area contributed by atoms with Crippen LogP contribution in [0.25, 0.3) is 22.5 Å². The zero-order valence-electron chi connectivity index (χ0n) is 31.5. The largest absolute Gasteiger partial charge is 0.457 e. The van der Waals surface area contributed by atoms with Crippen LogP contribution in [-0.2, 0) is 27.3 Å². The molecule has 4 aromatic carbocycles. The summed E-state index contributed by atoms with van der Waals surface area (Å²) < 4.78 is 11.0. The van der Waals surface area contributed by atoms with Crippen molar-refractivity contribution in [1.29, 1.82) is 0 Å². The number of nitrogens with zero attached hydrogens (tertiary/aromatic N) is 4. The maximum absolute atomic E-state index is 13.8. The minimum Gasteiger partial charge on any atom is -0.457 e. The first kappa shape index (κ1) is 37.6. The molecule has 1 aliphatic rings. The van der Waals surface area contributed by atoms with Crippen LogP contribution in [0, 0.1) is 0 Å². The van der Waals surface area contributed by atoms with Gasteiger partial charge in [-0.3, -0.25) is 9.59 Å². The lowest BCUT2D eigenvalue weighted by Gasteiger charge is -2.27. The van der Waals surface area contributed by atoms with E-state index in [4.69, 9.17) is 9.47 Å². The zero-order chi connectivity index (χ0) is 38.9. The van der Waals surface area contributed by atoms with E-state index in [1.807, 2.05) is 115 Å². The van der Waals surface area contributed by atoms with E-state index in [0.717, 1.165) is 59.7 Å². The number of amides is 3. The maximum Gasteiger partial charge on any atom is 0.407 e. The Hall–Kier alpha value is -6.69. The summed E-state index contributed by atoms with van der Waals surface area (Å²) in [6.07, 6.45) is 5.83. The number of rotatable bonds is 14. The summed E-state index contributed by atoms with van der Waals surface area (Å²) in [4.78, 5) is 58.7. The smallest absolute Gasteiger partial charge is 0.407 e. The highest BCUT2D eigenvalue weighted by Gasteiger charge is 2.32. The zero-order valence-corrected chi connectivity index (χ0v) is 31.5. The number of likely N-dealkylation sites (tertiary alicyclic amines) is 1. The maximum atomic E-state index is 13.8. The minimum atomic E-state index is -0.900. The standard InChI is InChI=1S/C44H45N7O5/c1-3-24-50(43(53)41(49-44(54)55-2)33-13-8-5-9-14-33)29-39-45-27-36(47-39)31-16-20-34(21-17-31)56-35-22-18-32(19-23-35)37-28-46-42(48-37)38-15-10-25-51(38)40(52)26-30-11-6-4-7-12-30/h4-9,11-14,16-23,27-28,38,41H,3,10,15,24-26,29H2,1-2H3,(H,45,47)(H,46,48)(H,49,54)/t38-,41+/m0/s1. The highest BCUT2D eigenvalue weighted by Crippen LogP contribution is 2.33. The SMILES string of the molecule is CCCN(Cc1ncc(-c2ccc(Oc3ccc(-c4cnc([C@@H]5CCCN5C(=O)Cc5ccccc5)[nH]4)cc3)cc2)[nH]1)C(=O)[C@H](NC(=O)OC)c1ccccc1. The molecule has 1 aliphatic heterocycles. The predicted molar refractivity (Wildman–Crippen MR) is 212 cm³/mol. The number of nitrogens with one attached hydrogen (secondary N) is 3. The molecule has 6 aromatic rings. The molecule has 3 amide bonds. The van der Waals surface area contributed by atoms with Crippen LogP contribution in [0.2, 0.25) is 0 Å². The van der Waals surface area contributed by atoms with Crippen molar-refractivity contribution in [3.63, 3.8) is 0 Å². The molecule has 0 bridgehead atoms. The molecule has 0 aliphatic carbocycles. The lowest BCUT2D eigenvalue weighted by atomic mass is 10.1. The van der Waals surface area contributed by atoms with Gasteiger partial charge >= 0.3 is 6.09 Å². The Morgan fingerprint density at radius 3 is 2.11 bits per heavy atom. The van der Waals surface area contributed by atoms with E-state index in [2.05, 4.69) is 25.3 Å². The molecule has 286 valence electrons. The second-order valence-electron chi connectivity index (χ2n) is 13.7. The number of ether oxygens (including phenoxy) is 2. The number of methoxy groups -OCH3 is 1. The Labute approximate surface area is 325 Å². The van der Waals surface area contributed by atoms with Gasteiger partial charge in [-0.05, 0) is 90.0 Å². The van der Waals surface area contributed by atoms with E-state index in [1.165, 1.54) is 7.11 Å². The molecular weight excluding hydrogens is 707 g/mol. The molecule has 1 fully saturated rings. The second-order valence-corrected chi connectivity index (χ2v) is 13.7. The van der Waals surface area contributed by atoms with E-state index < -0.39 is 12.1 Å². The first-order chi connectivity index (χ1) is 27.4. The molecule has 0 spiro atoms. The Bertz CT molecular complexity index is 2220. The van der Waals surface area contributed by atoms with Gasteiger partial charge in [0.1, 0.15) is 29.2 Å². The summed E-state index contributed by atoms with van der Waals surface area (Å²) in [5.74, 6) is 2.65. The third-order valence-corrected chi connectivity index (χ3v) is 9.85. The average molecular weight is 752 g/mol. The fourth-order valence-electron chi connectivity index (χ4n) is 7.02. The van der Waals surface area contributed by atoms with Crippen LogP contribution in [0.15, 0.2) is 122 Å². The molecule has 7 rings (SSSR count). The Morgan fingerprint density at radius 2 is 1.46 bits per heavy atom. The molecule has 56 heavy (non-hydrogen) atoms. The summed E-state index contributed by atoms with van der Waals surface area (Å²) in [6.45, 7) is 3.45. The molecule has 1 saturated heterocycles. The molecule has 0 unspecified atom stereocenters. The van der Waals surface area contributed by atoms with E-state index in [-0.39, 0.29) is 24.4 Å². The van der Waals surface area contributed by atoms with E-state index in [1.54, 1.807) is 23.2 Å². The first-order valence-electron chi connectivity index (χ1n) is 18.9. The molecule has 2 atom stereocenters. The topological polar surface area (TPSA) is 146 Å². The second kappa shape index (κ2) is 17.6. The molecule has 0 saturated carbocycles. The number of aromatic amines is 2. The molecule has 2 aromatic heterocycles. The van der Waals surface area contributed by atoms with E-state index in [9.17, 15) is 14.4 Å². The Kier molecular flexibility index (Phi) is 11.8. The molecule has 12 nitrogen and oxygen atoms in total. The van der Waals surface area contributed by atoms with Crippen LogP contribution in [0.1, 0.15) is 61.0 Å². The quantitative estimate of drug-likeness (QED) is 0.102. The Morgan fingerprint density at radius 1 is 0.839 bits per heavy atom. The summed E-state index contributed by atoms with van der Waals surface area (Å²) in [7, 11) is 1.27. The molecular formula is C44H45N7O5. The van der Waals surface area contributed by atoms with Crippen molar-refractivity contribution in [2.45, 2.75) is 51.2 Å². The van der Waals surface area contributed by atoms with Gasteiger partial charge < -0.3 is 34.6 Å². The van der Waals surface area contributed by atoms with Gasteiger partial charge in [0.15, 0.2) is 0 Å². The van der Waals surface area contributed by atoms with Gasteiger partial charge in [-0.25, -0.2) is 14.8 Å². The summed E-state index contributed by atoms with van der Waals surface area (Å²) in [5.41, 5.74) is 5.24. The number of carbonyl (C=O) groups is 3. The summed E-state index contributed by atoms with van der Waals surface area (Å²) in [6, 6.07) is 33.5. The van der Waals surface area contributed by atoms with Crippen molar-refractivity contribution in [3.8, 4) is 34.0 Å². The van der Waals surface area contributed by atoms with Crippen LogP contribution in [0.3, 0.4) is 0 Å². The van der Waals surface area contributed by atoms with Gasteiger partial charge in [0, 0.05) is 13.1 Å². The minimum absolute atomic E-state index is 0.0617. The number of aromatic nitrogens is 4. The molecule has 0 radical (unpaired) electrons. The van der Waals surface area contributed by atoms with Crippen molar-refractivity contribution >= 4 is 17.9 Å². The lowest BCUT2D eigenvalue weighted by molar-refractivity contribution is -0.134. The number of hydrogen-bond donors (Lipinski definition) is 3. The normalized spacial score (nSPS) is 14.2. The Balaban J connectivity index is 0.959. The number of alkyl carbamates (subject to hydrolysis) is 1. The monoisotopic (exact) mass is 751 g/mol. The number of benzene rings is 4. The van der Waals surface area contributed by atoms with Gasteiger partial charge in [-0.2, -0.15) is 0 Å². The van der Waals surface area contributed by atoms with Crippen molar-refractivity contribution < 1.29 is 23.9 Å². The number of carbonyl (C=O) groups excluding carboxylic acids is 3. The number of H-pyrrole nitrogens is 2. The van der Waals surface area contributed by atoms with Crippen LogP contribution in [-0.4, -0.2) is 67.8 Å². The van der Waals surface area contributed by atoms with Crippen molar-refractivity contribution in [2.24, 2.45) is 0 Å². The third-order valence-electron chi connectivity index (χ3n) is 9.85. The number of hydrogen-bond acceptors (Lipinski definition) is 7. The van der Waals surface area contributed by atoms with Crippen LogP contribution in [0.4, 0.5) is 4.79 Å².